The Morgan fingerprint density at radius 2 is 1.50 bits per heavy atom. The van der Waals surface area contributed by atoms with Crippen molar-refractivity contribution >= 4 is 46.9 Å². The summed E-state index contributed by atoms with van der Waals surface area (Å²) in [7, 11) is 0. The fourth-order valence-corrected chi connectivity index (χ4v) is 3.50. The standard InChI is InChI=1S/C27H29ClN8O4/c28-21-18-20(9-10-22(21)37)32-26-34-25(35-27(36-26)33-23-8-4-5-11-29-23)31-13-15-40-17-16-39-14-12-30-24(38)19-6-2-1-3-7-19/h1-11,18,37H,12-17H2,(H,30,38)(H3,29,31,32,33,34,35,36). The Balaban J connectivity index is 1.20. The molecule has 4 aromatic rings. The molecular formula is C27H29ClN8O4. The van der Waals surface area contributed by atoms with Crippen LogP contribution in [0.15, 0.2) is 72.9 Å². The summed E-state index contributed by atoms with van der Waals surface area (Å²) in [5, 5.41) is 21.9. The molecule has 0 aliphatic carbocycles. The van der Waals surface area contributed by atoms with Gasteiger partial charge < -0.3 is 35.8 Å². The highest BCUT2D eigenvalue weighted by atomic mass is 35.5. The van der Waals surface area contributed by atoms with E-state index >= 15 is 0 Å². The minimum atomic E-state index is -0.131. The van der Waals surface area contributed by atoms with Gasteiger partial charge in [-0.1, -0.05) is 35.9 Å². The van der Waals surface area contributed by atoms with Crippen molar-refractivity contribution in [2.45, 2.75) is 0 Å². The Labute approximate surface area is 236 Å². The number of benzene rings is 2. The van der Waals surface area contributed by atoms with Crippen LogP contribution in [0.4, 0.5) is 29.4 Å². The molecule has 4 rings (SSSR count). The van der Waals surface area contributed by atoms with Crippen molar-refractivity contribution in [2.24, 2.45) is 0 Å². The molecule has 2 aromatic carbocycles. The molecule has 0 spiro atoms. The molecule has 5 N–H and O–H groups in total. The fraction of sp³-hybridized carbons (Fsp3) is 0.222. The molecule has 0 fully saturated rings. The highest BCUT2D eigenvalue weighted by Crippen LogP contribution is 2.27. The van der Waals surface area contributed by atoms with Crippen LogP contribution in [0.3, 0.4) is 0 Å². The van der Waals surface area contributed by atoms with Gasteiger partial charge in [0.25, 0.3) is 5.91 Å². The molecule has 0 saturated heterocycles. The van der Waals surface area contributed by atoms with Crippen LogP contribution in [0.2, 0.25) is 5.02 Å². The number of anilines is 5. The number of phenols is 1. The van der Waals surface area contributed by atoms with Crippen molar-refractivity contribution in [3.05, 3.63) is 83.5 Å². The summed E-state index contributed by atoms with van der Waals surface area (Å²) in [6.07, 6.45) is 1.65. The molecule has 2 heterocycles. The molecule has 0 bridgehead atoms. The van der Waals surface area contributed by atoms with Crippen LogP contribution in [-0.4, -0.2) is 70.5 Å². The summed E-state index contributed by atoms with van der Waals surface area (Å²) in [6.45, 7) is 2.42. The third kappa shape index (κ3) is 9.34. The Hall–Kier alpha value is -4.52. The lowest BCUT2D eigenvalue weighted by Gasteiger charge is -2.12. The van der Waals surface area contributed by atoms with E-state index in [1.165, 1.54) is 6.07 Å². The number of aromatic nitrogens is 4. The summed E-state index contributed by atoms with van der Waals surface area (Å²) in [5.41, 5.74) is 1.20. The number of nitrogens with one attached hydrogen (secondary N) is 4. The average Bonchev–Trinajstić information content (AvgIpc) is 2.97. The van der Waals surface area contributed by atoms with E-state index < -0.39 is 0 Å². The van der Waals surface area contributed by atoms with E-state index in [2.05, 4.69) is 41.2 Å². The minimum Gasteiger partial charge on any atom is -0.506 e. The molecule has 13 heteroatoms. The van der Waals surface area contributed by atoms with Gasteiger partial charge in [-0.15, -0.1) is 0 Å². The maximum atomic E-state index is 12.0. The number of hydrogen-bond donors (Lipinski definition) is 5. The lowest BCUT2D eigenvalue weighted by Crippen LogP contribution is -2.27. The molecule has 12 nitrogen and oxygen atoms in total. The number of ether oxygens (including phenoxy) is 2. The van der Waals surface area contributed by atoms with Crippen LogP contribution in [0.1, 0.15) is 10.4 Å². The minimum absolute atomic E-state index is 0.0250. The summed E-state index contributed by atoms with van der Waals surface area (Å²) < 4.78 is 11.1. The highest BCUT2D eigenvalue weighted by molar-refractivity contribution is 6.32. The number of amides is 1. The zero-order valence-electron chi connectivity index (χ0n) is 21.5. The van der Waals surface area contributed by atoms with Gasteiger partial charge in [-0.05, 0) is 42.5 Å². The predicted octanol–water partition coefficient (Wildman–Crippen LogP) is 3.99. The van der Waals surface area contributed by atoms with E-state index in [1.54, 1.807) is 36.5 Å². The van der Waals surface area contributed by atoms with Crippen LogP contribution in [0.25, 0.3) is 0 Å². The van der Waals surface area contributed by atoms with E-state index in [0.29, 0.717) is 62.5 Å². The van der Waals surface area contributed by atoms with E-state index in [9.17, 15) is 9.90 Å². The molecule has 0 radical (unpaired) electrons. The lowest BCUT2D eigenvalue weighted by atomic mass is 10.2. The maximum Gasteiger partial charge on any atom is 0.251 e. The molecule has 40 heavy (non-hydrogen) atoms. The topological polar surface area (TPSA) is 155 Å². The largest absolute Gasteiger partial charge is 0.506 e. The molecule has 0 aliphatic heterocycles. The van der Waals surface area contributed by atoms with Crippen molar-refractivity contribution in [2.75, 3.05) is 55.5 Å². The number of pyridine rings is 1. The number of halogens is 1. The summed E-state index contributed by atoms with van der Waals surface area (Å²) in [4.78, 5) is 29.4. The second kappa shape index (κ2) is 15.2. The number of rotatable bonds is 15. The summed E-state index contributed by atoms with van der Waals surface area (Å²) in [5.74, 6) is 1.26. The first kappa shape index (κ1) is 28.5. The van der Waals surface area contributed by atoms with Crippen molar-refractivity contribution in [1.82, 2.24) is 25.3 Å². The van der Waals surface area contributed by atoms with Gasteiger partial charge in [0.1, 0.15) is 11.6 Å². The molecule has 0 atom stereocenters. The molecule has 208 valence electrons. The van der Waals surface area contributed by atoms with Crippen LogP contribution in [0.5, 0.6) is 5.75 Å². The Bertz CT molecular complexity index is 1370. The third-order valence-electron chi connectivity index (χ3n) is 5.21. The zero-order valence-corrected chi connectivity index (χ0v) is 22.3. The highest BCUT2D eigenvalue weighted by Gasteiger charge is 2.09. The fourth-order valence-electron chi connectivity index (χ4n) is 3.32. The van der Waals surface area contributed by atoms with Crippen molar-refractivity contribution < 1.29 is 19.4 Å². The zero-order chi connectivity index (χ0) is 28.0. The first-order valence-corrected chi connectivity index (χ1v) is 12.9. The van der Waals surface area contributed by atoms with Gasteiger partial charge in [0.05, 0.1) is 31.5 Å². The van der Waals surface area contributed by atoms with E-state index in [-0.39, 0.29) is 28.6 Å². The summed E-state index contributed by atoms with van der Waals surface area (Å²) in [6, 6.07) is 19.1. The molecule has 2 aromatic heterocycles. The monoisotopic (exact) mass is 564 g/mol. The van der Waals surface area contributed by atoms with Gasteiger partial charge in [0.2, 0.25) is 17.8 Å². The second-order valence-electron chi connectivity index (χ2n) is 8.21. The van der Waals surface area contributed by atoms with Crippen LogP contribution >= 0.6 is 11.6 Å². The number of nitrogens with zero attached hydrogens (tertiary/aromatic N) is 4. The van der Waals surface area contributed by atoms with Crippen molar-refractivity contribution in [3.8, 4) is 5.75 Å². The Morgan fingerprint density at radius 3 is 2.23 bits per heavy atom. The van der Waals surface area contributed by atoms with Crippen LogP contribution in [-0.2, 0) is 9.47 Å². The first-order valence-electron chi connectivity index (χ1n) is 12.5. The van der Waals surface area contributed by atoms with Crippen LogP contribution in [0, 0.1) is 0 Å². The van der Waals surface area contributed by atoms with E-state index in [0.717, 1.165) is 0 Å². The van der Waals surface area contributed by atoms with Gasteiger partial charge in [-0.3, -0.25) is 4.79 Å². The number of hydrogen-bond acceptors (Lipinski definition) is 11. The van der Waals surface area contributed by atoms with Gasteiger partial charge in [0.15, 0.2) is 0 Å². The SMILES string of the molecule is O=C(NCCOCCOCCNc1nc(Nc2ccc(O)c(Cl)c2)nc(Nc2ccccn2)n1)c1ccccc1. The van der Waals surface area contributed by atoms with Crippen molar-refractivity contribution in [3.63, 3.8) is 0 Å². The second-order valence-corrected chi connectivity index (χ2v) is 8.62. The van der Waals surface area contributed by atoms with Crippen LogP contribution < -0.4 is 21.3 Å². The lowest BCUT2D eigenvalue weighted by molar-refractivity contribution is 0.0519. The Morgan fingerprint density at radius 1 is 0.800 bits per heavy atom. The smallest absolute Gasteiger partial charge is 0.251 e. The first-order chi connectivity index (χ1) is 19.6. The number of carbonyl (C=O) groups excluding carboxylic acids is 1. The number of phenolic OH excluding ortho intramolecular Hbond substituents is 1. The quantitative estimate of drug-likeness (QED) is 0.105. The molecule has 0 saturated carbocycles. The summed E-state index contributed by atoms with van der Waals surface area (Å²) >= 11 is 6.02. The average molecular weight is 565 g/mol. The van der Waals surface area contributed by atoms with Gasteiger partial charge in [0, 0.05) is 30.5 Å². The van der Waals surface area contributed by atoms with Gasteiger partial charge in [-0.2, -0.15) is 15.0 Å². The normalized spacial score (nSPS) is 10.6. The van der Waals surface area contributed by atoms with E-state index in [4.69, 9.17) is 21.1 Å². The predicted molar refractivity (Wildman–Crippen MR) is 153 cm³/mol. The van der Waals surface area contributed by atoms with Gasteiger partial charge >= 0.3 is 0 Å². The molecule has 0 unspecified atom stereocenters. The number of carbonyl (C=O) groups is 1. The maximum absolute atomic E-state index is 12.0. The Kier molecular flexibility index (Phi) is 10.8. The van der Waals surface area contributed by atoms with Crippen molar-refractivity contribution in [1.29, 1.82) is 0 Å². The third-order valence-corrected chi connectivity index (χ3v) is 5.52. The molecule has 0 aliphatic rings. The molecule has 1 amide bonds. The molecular weight excluding hydrogens is 536 g/mol. The van der Waals surface area contributed by atoms with E-state index in [1.807, 2.05) is 30.3 Å². The number of aromatic hydroxyl groups is 1. The van der Waals surface area contributed by atoms with Gasteiger partial charge in [-0.25, -0.2) is 4.98 Å².